The first-order valence-corrected chi connectivity index (χ1v) is 11.5. The fourth-order valence-corrected chi connectivity index (χ4v) is 4.29. The monoisotopic (exact) mass is 575 g/mol. The second-order valence-electron chi connectivity index (χ2n) is 7.80. The van der Waals surface area contributed by atoms with E-state index in [4.69, 9.17) is 9.15 Å². The van der Waals surface area contributed by atoms with Gasteiger partial charge in [-0.25, -0.2) is 4.99 Å². The van der Waals surface area contributed by atoms with Crippen LogP contribution in [0.3, 0.4) is 0 Å². The van der Waals surface area contributed by atoms with Crippen molar-refractivity contribution in [3.05, 3.63) is 46.5 Å². The van der Waals surface area contributed by atoms with Crippen molar-refractivity contribution in [2.24, 2.45) is 4.99 Å². The minimum Gasteiger partial charge on any atom is -0.469 e. The van der Waals surface area contributed by atoms with Crippen LogP contribution >= 0.6 is 35.3 Å². The Labute approximate surface area is 211 Å². The first-order valence-electron chi connectivity index (χ1n) is 10.7. The molecule has 1 aliphatic heterocycles. The van der Waals surface area contributed by atoms with Gasteiger partial charge in [0.2, 0.25) is 5.91 Å². The lowest BCUT2D eigenvalue weighted by atomic mass is 10.1. The van der Waals surface area contributed by atoms with Gasteiger partial charge in [0.15, 0.2) is 5.96 Å². The Morgan fingerprint density at radius 3 is 2.84 bits per heavy atom. The molecule has 0 saturated carbocycles. The lowest BCUT2D eigenvalue weighted by Crippen LogP contribution is -2.48. The van der Waals surface area contributed by atoms with Crippen LogP contribution in [0.5, 0.6) is 0 Å². The van der Waals surface area contributed by atoms with Crippen molar-refractivity contribution in [3.63, 3.8) is 0 Å². The third-order valence-corrected chi connectivity index (χ3v) is 6.14. The summed E-state index contributed by atoms with van der Waals surface area (Å²) in [5.41, 5.74) is 0. The van der Waals surface area contributed by atoms with E-state index in [9.17, 15) is 4.79 Å². The number of furan rings is 1. The van der Waals surface area contributed by atoms with E-state index in [2.05, 4.69) is 45.0 Å². The zero-order chi connectivity index (χ0) is 22.1. The normalized spacial score (nSPS) is 18.0. The fraction of sp³-hybridized carbons (Fsp3) is 0.545. The van der Waals surface area contributed by atoms with Gasteiger partial charge in [-0.1, -0.05) is 6.07 Å². The summed E-state index contributed by atoms with van der Waals surface area (Å²) in [5, 5.41) is 8.90. The van der Waals surface area contributed by atoms with Gasteiger partial charge in [-0.2, -0.15) is 0 Å². The molecule has 2 atom stereocenters. The fourth-order valence-electron chi connectivity index (χ4n) is 3.43. The number of carbonyl (C=O) groups is 1. The molecule has 1 aliphatic rings. The molecule has 0 aliphatic carbocycles. The second-order valence-corrected chi connectivity index (χ2v) is 8.78. The molecule has 2 N–H and O–H groups in total. The molecule has 1 saturated heterocycles. The van der Waals surface area contributed by atoms with Crippen molar-refractivity contribution < 1.29 is 13.9 Å². The number of aliphatic imine (C=N–C) groups is 1. The Morgan fingerprint density at radius 1 is 1.34 bits per heavy atom. The maximum atomic E-state index is 12.0. The quantitative estimate of drug-likeness (QED) is 0.272. The number of hydrogen-bond acceptors (Lipinski definition) is 6. The zero-order valence-corrected chi connectivity index (χ0v) is 22.1. The van der Waals surface area contributed by atoms with E-state index in [1.807, 2.05) is 12.1 Å². The molecule has 1 fully saturated rings. The second kappa shape index (κ2) is 13.8. The van der Waals surface area contributed by atoms with E-state index in [1.54, 1.807) is 36.6 Å². The molecule has 2 unspecified atom stereocenters. The zero-order valence-electron chi connectivity index (χ0n) is 19.0. The van der Waals surface area contributed by atoms with E-state index in [1.165, 1.54) is 4.88 Å². The average molecular weight is 576 g/mol. The predicted octanol–water partition coefficient (Wildman–Crippen LogP) is 2.59. The number of nitrogens with one attached hydrogen (secondary N) is 2. The molecule has 0 aromatic carbocycles. The number of hydrogen-bond donors (Lipinski definition) is 2. The van der Waals surface area contributed by atoms with Gasteiger partial charge in [-0.3, -0.25) is 9.69 Å². The van der Waals surface area contributed by atoms with Crippen LogP contribution < -0.4 is 10.6 Å². The summed E-state index contributed by atoms with van der Waals surface area (Å²) in [4.78, 5) is 21.9. The van der Waals surface area contributed by atoms with Crippen LogP contribution in [-0.4, -0.2) is 81.2 Å². The highest BCUT2D eigenvalue weighted by atomic mass is 127. The topological polar surface area (TPSA) is 82.3 Å². The first kappa shape index (κ1) is 26.6. The van der Waals surface area contributed by atoms with Crippen molar-refractivity contribution >= 4 is 47.2 Å². The van der Waals surface area contributed by atoms with Crippen LogP contribution in [0.2, 0.25) is 0 Å². The summed E-state index contributed by atoms with van der Waals surface area (Å²) >= 11 is 1.76. The number of thiophene rings is 1. The maximum Gasteiger partial charge on any atom is 0.243 e. The van der Waals surface area contributed by atoms with Crippen LogP contribution in [0.4, 0.5) is 0 Å². The highest BCUT2D eigenvalue weighted by molar-refractivity contribution is 14.0. The lowest BCUT2D eigenvalue weighted by Gasteiger charge is -2.37. The molecule has 178 valence electrons. The van der Waals surface area contributed by atoms with Crippen molar-refractivity contribution in [3.8, 4) is 0 Å². The van der Waals surface area contributed by atoms with E-state index >= 15 is 0 Å². The SMILES string of the molecule is CC1CN(C(CNC(=NCC(=O)N(C)C)NCCc2ccco2)c2cccs2)CCO1.I. The number of amides is 1. The van der Waals surface area contributed by atoms with Crippen LogP contribution in [0.1, 0.15) is 23.6 Å². The van der Waals surface area contributed by atoms with E-state index in [0.29, 0.717) is 19.0 Å². The third kappa shape index (κ3) is 8.38. The Kier molecular flexibility index (Phi) is 11.5. The van der Waals surface area contributed by atoms with Crippen LogP contribution in [0.25, 0.3) is 0 Å². The molecule has 8 nitrogen and oxygen atoms in total. The smallest absolute Gasteiger partial charge is 0.243 e. The molecular formula is C22H34IN5O3S. The number of halogens is 1. The molecule has 0 bridgehead atoms. The lowest BCUT2D eigenvalue weighted by molar-refractivity contribution is -0.127. The summed E-state index contributed by atoms with van der Waals surface area (Å²) in [6, 6.07) is 8.31. The standard InChI is InChI=1S/C22H33N5O3S.HI/c1-17-16-27(10-12-29-17)19(20-7-5-13-31-20)14-24-22(25-15-21(28)26(2)3)23-9-8-18-6-4-11-30-18;/h4-7,11,13,17,19H,8-10,12,14-16H2,1-3H3,(H2,23,24,25);1H. The maximum absolute atomic E-state index is 12.0. The Balaban J connectivity index is 0.00000363. The average Bonchev–Trinajstić information content (AvgIpc) is 3.46. The highest BCUT2D eigenvalue weighted by Gasteiger charge is 2.26. The number of rotatable bonds is 9. The Hall–Kier alpha value is -1.63. The van der Waals surface area contributed by atoms with Crippen molar-refractivity contribution in [2.75, 3.05) is 53.4 Å². The number of carbonyl (C=O) groups excluding carboxylic acids is 1. The minimum absolute atomic E-state index is 0. The third-order valence-electron chi connectivity index (χ3n) is 5.16. The highest BCUT2D eigenvalue weighted by Crippen LogP contribution is 2.26. The summed E-state index contributed by atoms with van der Waals surface area (Å²) < 4.78 is 11.1. The Bertz CT molecular complexity index is 814. The van der Waals surface area contributed by atoms with Gasteiger partial charge in [0.1, 0.15) is 12.3 Å². The predicted molar refractivity (Wildman–Crippen MR) is 139 cm³/mol. The van der Waals surface area contributed by atoms with E-state index in [0.717, 1.165) is 31.9 Å². The molecule has 10 heteroatoms. The molecule has 3 rings (SSSR count). The van der Waals surface area contributed by atoms with Crippen LogP contribution in [-0.2, 0) is 16.0 Å². The van der Waals surface area contributed by atoms with Crippen molar-refractivity contribution in [1.82, 2.24) is 20.4 Å². The van der Waals surface area contributed by atoms with Gasteiger partial charge < -0.3 is 24.7 Å². The number of ether oxygens (including phenoxy) is 1. The largest absolute Gasteiger partial charge is 0.469 e. The number of guanidine groups is 1. The molecular weight excluding hydrogens is 541 g/mol. The Morgan fingerprint density at radius 2 is 2.19 bits per heavy atom. The van der Waals surface area contributed by atoms with Crippen molar-refractivity contribution in [1.29, 1.82) is 0 Å². The molecule has 1 amide bonds. The summed E-state index contributed by atoms with van der Waals surface area (Å²) in [5.74, 6) is 1.50. The molecule has 2 aromatic heterocycles. The molecule has 2 aromatic rings. The van der Waals surface area contributed by atoms with Crippen LogP contribution in [0, 0.1) is 0 Å². The van der Waals surface area contributed by atoms with Gasteiger partial charge in [0, 0.05) is 51.6 Å². The molecule has 32 heavy (non-hydrogen) atoms. The van der Waals surface area contributed by atoms with Gasteiger partial charge in [-0.15, -0.1) is 35.3 Å². The number of likely N-dealkylation sites (N-methyl/N-ethyl adjacent to an activating group) is 1. The van der Waals surface area contributed by atoms with Gasteiger partial charge in [0.25, 0.3) is 0 Å². The van der Waals surface area contributed by atoms with Gasteiger partial charge in [0.05, 0.1) is 25.0 Å². The van der Waals surface area contributed by atoms with E-state index in [-0.39, 0.29) is 48.6 Å². The number of morpholine rings is 1. The van der Waals surface area contributed by atoms with Gasteiger partial charge >= 0.3 is 0 Å². The molecule has 0 radical (unpaired) electrons. The summed E-state index contributed by atoms with van der Waals surface area (Å²) in [6.45, 7) is 6.09. The molecule has 0 spiro atoms. The number of nitrogens with zero attached hydrogens (tertiary/aromatic N) is 3. The van der Waals surface area contributed by atoms with Gasteiger partial charge in [-0.05, 0) is 30.5 Å². The summed E-state index contributed by atoms with van der Waals surface area (Å²) in [7, 11) is 3.48. The van der Waals surface area contributed by atoms with Crippen molar-refractivity contribution in [2.45, 2.75) is 25.5 Å². The first-order chi connectivity index (χ1) is 15.0. The molecule has 3 heterocycles. The van der Waals surface area contributed by atoms with Crippen LogP contribution in [0.15, 0.2) is 45.3 Å². The summed E-state index contributed by atoms with van der Waals surface area (Å²) in [6.07, 6.45) is 2.63. The minimum atomic E-state index is -0.0380. The van der Waals surface area contributed by atoms with E-state index < -0.39 is 0 Å².